The minimum Gasteiger partial charge on any atom is -0.472 e. The topological polar surface area (TPSA) is 93.9 Å². The van der Waals surface area contributed by atoms with E-state index in [1.165, 1.54) is 12.5 Å². The lowest BCUT2D eigenvalue weighted by molar-refractivity contribution is -0.121. The molecule has 2 fully saturated rings. The molecule has 0 saturated carbocycles. The third-order valence-corrected chi connectivity index (χ3v) is 6.75. The van der Waals surface area contributed by atoms with Gasteiger partial charge < -0.3 is 24.1 Å². The SMILES string of the molecule is CCSc1nc(CC(=O)NC2CO[C@H]3CN(C(=O)c4ccoc4)C[C@@H]3OC2)cs1. The summed E-state index contributed by atoms with van der Waals surface area (Å²) in [6, 6.07) is 1.44. The first-order valence-electron chi connectivity index (χ1n) is 9.53. The Morgan fingerprint density at radius 2 is 2.07 bits per heavy atom. The van der Waals surface area contributed by atoms with Crippen LogP contribution in [0.1, 0.15) is 23.0 Å². The number of amides is 2. The molecule has 4 rings (SSSR count). The van der Waals surface area contributed by atoms with Gasteiger partial charge in [-0.25, -0.2) is 4.98 Å². The van der Waals surface area contributed by atoms with E-state index < -0.39 is 0 Å². The average Bonchev–Trinajstić information content (AvgIpc) is 3.44. The second-order valence-electron chi connectivity index (χ2n) is 6.94. The number of carbonyl (C=O) groups excluding carboxylic acids is 2. The molecule has 8 nitrogen and oxygen atoms in total. The van der Waals surface area contributed by atoms with E-state index in [1.807, 2.05) is 5.38 Å². The number of thioether (sulfide) groups is 1. The Morgan fingerprint density at radius 1 is 1.31 bits per heavy atom. The van der Waals surface area contributed by atoms with Gasteiger partial charge in [0.05, 0.1) is 43.2 Å². The molecule has 2 aliphatic rings. The molecule has 29 heavy (non-hydrogen) atoms. The lowest BCUT2D eigenvalue weighted by Crippen LogP contribution is -2.42. The number of nitrogens with zero attached hydrogens (tertiary/aromatic N) is 2. The number of carbonyl (C=O) groups is 2. The van der Waals surface area contributed by atoms with Crippen LogP contribution < -0.4 is 5.32 Å². The predicted octanol–water partition coefficient (Wildman–Crippen LogP) is 1.82. The Bertz CT molecular complexity index is 825. The van der Waals surface area contributed by atoms with Crippen LogP contribution in [0.25, 0.3) is 0 Å². The molecule has 2 aromatic rings. The van der Waals surface area contributed by atoms with E-state index in [1.54, 1.807) is 34.1 Å². The highest BCUT2D eigenvalue weighted by Crippen LogP contribution is 2.23. The quantitative estimate of drug-likeness (QED) is 0.689. The third kappa shape index (κ3) is 5.00. The summed E-state index contributed by atoms with van der Waals surface area (Å²) in [5.41, 5.74) is 1.30. The largest absolute Gasteiger partial charge is 0.472 e. The van der Waals surface area contributed by atoms with Gasteiger partial charge in [0.1, 0.15) is 22.8 Å². The van der Waals surface area contributed by atoms with Gasteiger partial charge in [-0.15, -0.1) is 11.3 Å². The normalized spacial score (nSPS) is 22.3. The van der Waals surface area contributed by atoms with E-state index in [0.29, 0.717) is 31.9 Å². The van der Waals surface area contributed by atoms with E-state index in [-0.39, 0.29) is 36.5 Å². The second-order valence-corrected chi connectivity index (χ2v) is 9.31. The molecule has 0 unspecified atom stereocenters. The summed E-state index contributed by atoms with van der Waals surface area (Å²) in [5, 5.41) is 4.89. The summed E-state index contributed by atoms with van der Waals surface area (Å²) in [6.07, 6.45) is 2.78. The van der Waals surface area contributed by atoms with Crippen molar-refractivity contribution >= 4 is 34.9 Å². The van der Waals surface area contributed by atoms with E-state index >= 15 is 0 Å². The van der Waals surface area contributed by atoms with Gasteiger partial charge in [0, 0.05) is 18.5 Å². The van der Waals surface area contributed by atoms with Crippen molar-refractivity contribution < 1.29 is 23.5 Å². The Kier molecular flexibility index (Phi) is 6.53. The molecule has 1 N–H and O–H groups in total. The molecule has 0 bridgehead atoms. The van der Waals surface area contributed by atoms with Crippen molar-refractivity contribution in [2.45, 2.75) is 35.9 Å². The molecule has 2 atom stereocenters. The molecular formula is C19H23N3O5S2. The minimum atomic E-state index is -0.214. The van der Waals surface area contributed by atoms with Crippen molar-refractivity contribution in [2.75, 3.05) is 32.1 Å². The summed E-state index contributed by atoms with van der Waals surface area (Å²) in [4.78, 5) is 31.0. The van der Waals surface area contributed by atoms with Gasteiger partial charge in [0.15, 0.2) is 0 Å². The number of aromatic nitrogens is 1. The molecule has 0 radical (unpaired) electrons. The first kappa shape index (κ1) is 20.4. The van der Waals surface area contributed by atoms with Crippen molar-refractivity contribution in [2.24, 2.45) is 0 Å². The smallest absolute Gasteiger partial charge is 0.257 e. The molecule has 0 aromatic carbocycles. The molecule has 4 heterocycles. The number of thiazole rings is 1. The van der Waals surface area contributed by atoms with Crippen molar-refractivity contribution in [3.63, 3.8) is 0 Å². The van der Waals surface area contributed by atoms with Crippen molar-refractivity contribution in [3.8, 4) is 0 Å². The maximum absolute atomic E-state index is 12.5. The molecule has 2 amide bonds. The first-order valence-corrected chi connectivity index (χ1v) is 11.4. The highest BCUT2D eigenvalue weighted by molar-refractivity contribution is 8.00. The zero-order valence-corrected chi connectivity index (χ0v) is 17.7. The third-order valence-electron chi connectivity index (χ3n) is 4.80. The highest BCUT2D eigenvalue weighted by atomic mass is 32.2. The molecule has 0 aliphatic carbocycles. The molecular weight excluding hydrogens is 414 g/mol. The molecule has 2 aromatic heterocycles. The average molecular weight is 438 g/mol. The van der Waals surface area contributed by atoms with Crippen LogP contribution >= 0.6 is 23.1 Å². The number of nitrogens with one attached hydrogen (secondary N) is 1. The van der Waals surface area contributed by atoms with Gasteiger partial charge >= 0.3 is 0 Å². The van der Waals surface area contributed by atoms with Gasteiger partial charge in [0.25, 0.3) is 5.91 Å². The molecule has 10 heteroatoms. The van der Waals surface area contributed by atoms with Crippen molar-refractivity contribution in [1.82, 2.24) is 15.2 Å². The number of fused-ring (bicyclic) bond motifs is 1. The number of likely N-dealkylation sites (tertiary alicyclic amines) is 1. The Labute approximate surface area is 176 Å². The van der Waals surface area contributed by atoms with E-state index in [4.69, 9.17) is 13.9 Å². The van der Waals surface area contributed by atoms with E-state index in [0.717, 1.165) is 15.8 Å². The number of hydrogen-bond acceptors (Lipinski definition) is 8. The van der Waals surface area contributed by atoms with Crippen LogP contribution in [0.3, 0.4) is 0 Å². The van der Waals surface area contributed by atoms with Crippen LogP contribution in [0, 0.1) is 0 Å². The number of ether oxygens (including phenoxy) is 2. The monoisotopic (exact) mass is 437 g/mol. The predicted molar refractivity (Wildman–Crippen MR) is 108 cm³/mol. The van der Waals surface area contributed by atoms with Crippen molar-refractivity contribution in [3.05, 3.63) is 35.2 Å². The van der Waals surface area contributed by atoms with E-state index in [9.17, 15) is 9.59 Å². The minimum absolute atomic E-state index is 0.0901. The Balaban J connectivity index is 1.25. The zero-order valence-electron chi connectivity index (χ0n) is 16.0. The second kappa shape index (κ2) is 9.29. The maximum atomic E-state index is 12.5. The standard InChI is InChI=1S/C19H23N3O5S2/c1-2-28-19-21-13(11-29-19)5-17(23)20-14-9-26-15-6-22(7-16(15)27-10-14)18(24)12-3-4-25-8-12/h3-4,8,11,14-16H,2,5-7,9-10H2,1H3,(H,20,23)/t15-,16-/m0/s1. The zero-order chi connectivity index (χ0) is 20.2. The number of furan rings is 1. The van der Waals surface area contributed by atoms with Gasteiger partial charge in [-0.1, -0.05) is 18.7 Å². The first-order chi connectivity index (χ1) is 14.1. The fourth-order valence-corrected chi connectivity index (χ4v) is 5.15. The summed E-state index contributed by atoms with van der Waals surface area (Å²) in [7, 11) is 0. The van der Waals surface area contributed by atoms with Gasteiger partial charge in [-0.2, -0.15) is 0 Å². The van der Waals surface area contributed by atoms with Crippen LogP contribution in [0.2, 0.25) is 0 Å². The lowest BCUT2D eigenvalue weighted by atomic mass is 10.2. The van der Waals surface area contributed by atoms with Gasteiger partial charge in [-0.05, 0) is 11.8 Å². The van der Waals surface area contributed by atoms with Gasteiger partial charge in [0.2, 0.25) is 5.91 Å². The van der Waals surface area contributed by atoms with E-state index in [2.05, 4.69) is 17.2 Å². The summed E-state index contributed by atoms with van der Waals surface area (Å²) >= 11 is 3.24. The number of hydrogen-bond donors (Lipinski definition) is 1. The summed E-state index contributed by atoms with van der Waals surface area (Å²) < 4.78 is 17.9. The maximum Gasteiger partial charge on any atom is 0.257 e. The highest BCUT2D eigenvalue weighted by Gasteiger charge is 2.39. The Morgan fingerprint density at radius 3 is 2.72 bits per heavy atom. The molecule has 0 spiro atoms. The van der Waals surface area contributed by atoms with Crippen molar-refractivity contribution in [1.29, 1.82) is 0 Å². The van der Waals surface area contributed by atoms with Crippen LogP contribution in [0.15, 0.2) is 32.7 Å². The molecule has 2 aliphatic heterocycles. The lowest BCUT2D eigenvalue weighted by Gasteiger charge is -2.19. The van der Waals surface area contributed by atoms with Crippen LogP contribution in [0.4, 0.5) is 0 Å². The molecule has 2 saturated heterocycles. The fraction of sp³-hybridized carbons (Fsp3) is 0.526. The molecule has 156 valence electrons. The fourth-order valence-electron chi connectivity index (χ4n) is 3.41. The van der Waals surface area contributed by atoms with Crippen LogP contribution in [0.5, 0.6) is 0 Å². The number of rotatable bonds is 6. The van der Waals surface area contributed by atoms with Crippen LogP contribution in [-0.2, 0) is 20.7 Å². The summed E-state index contributed by atoms with van der Waals surface area (Å²) in [6.45, 7) is 3.72. The van der Waals surface area contributed by atoms with Gasteiger partial charge in [-0.3, -0.25) is 9.59 Å². The van der Waals surface area contributed by atoms with Crippen LogP contribution in [-0.4, -0.2) is 72.0 Å². The Hall–Kier alpha value is -1.88. The summed E-state index contributed by atoms with van der Waals surface area (Å²) in [5.74, 6) is 0.778.